The molecule has 4 heteroatoms. The van der Waals surface area contributed by atoms with Gasteiger partial charge in [0.1, 0.15) is 0 Å². The molecule has 0 saturated carbocycles. The number of aliphatic hydroxyl groups is 1. The number of aryl methyl sites for hydroxylation is 1. The van der Waals surface area contributed by atoms with Gasteiger partial charge in [-0.15, -0.1) is 5.10 Å². The van der Waals surface area contributed by atoms with Crippen LogP contribution in [-0.2, 0) is 6.42 Å². The monoisotopic (exact) mass is 169 g/mol. The van der Waals surface area contributed by atoms with E-state index in [-0.39, 0.29) is 6.10 Å². The second kappa shape index (κ2) is 4.87. The van der Waals surface area contributed by atoms with Crippen LogP contribution in [0.3, 0.4) is 0 Å². The summed E-state index contributed by atoms with van der Waals surface area (Å²) < 4.78 is 0. The molecule has 0 aliphatic rings. The third kappa shape index (κ3) is 3.00. The van der Waals surface area contributed by atoms with Crippen LogP contribution in [0.15, 0.2) is 6.20 Å². The number of hydrogen-bond donors (Lipinski definition) is 2. The zero-order valence-electron chi connectivity index (χ0n) is 7.32. The van der Waals surface area contributed by atoms with Crippen LogP contribution >= 0.6 is 0 Å². The maximum absolute atomic E-state index is 9.24. The van der Waals surface area contributed by atoms with Crippen LogP contribution in [0.1, 0.15) is 31.9 Å². The molecule has 0 saturated heterocycles. The largest absolute Gasteiger partial charge is 0.393 e. The fraction of sp³-hybridized carbons (Fsp3) is 0.750. The predicted molar refractivity (Wildman–Crippen MR) is 45.6 cm³/mol. The van der Waals surface area contributed by atoms with Crippen LogP contribution in [0.4, 0.5) is 0 Å². The molecule has 0 aliphatic carbocycles. The van der Waals surface area contributed by atoms with Crippen LogP contribution in [-0.4, -0.2) is 26.6 Å². The molecule has 1 rings (SSSR count). The lowest BCUT2D eigenvalue weighted by molar-refractivity contribution is 0.157. The third-order valence-corrected chi connectivity index (χ3v) is 1.91. The van der Waals surface area contributed by atoms with E-state index >= 15 is 0 Å². The van der Waals surface area contributed by atoms with Crippen molar-refractivity contribution in [1.82, 2.24) is 15.4 Å². The van der Waals surface area contributed by atoms with E-state index in [2.05, 4.69) is 15.4 Å². The third-order valence-electron chi connectivity index (χ3n) is 1.91. The molecule has 1 unspecified atom stereocenters. The van der Waals surface area contributed by atoms with Crippen molar-refractivity contribution in [2.45, 2.75) is 38.7 Å². The summed E-state index contributed by atoms with van der Waals surface area (Å²) in [5.41, 5.74) is 0.971. The normalized spacial score (nSPS) is 13.2. The molecule has 0 spiro atoms. The van der Waals surface area contributed by atoms with Crippen molar-refractivity contribution in [1.29, 1.82) is 0 Å². The number of aromatic amines is 1. The van der Waals surface area contributed by atoms with Gasteiger partial charge in [-0.25, -0.2) is 0 Å². The molecule has 1 aromatic rings. The molecule has 68 valence electrons. The summed E-state index contributed by atoms with van der Waals surface area (Å²) in [6.45, 7) is 1.99. The van der Waals surface area contributed by atoms with Crippen molar-refractivity contribution < 1.29 is 5.11 Å². The van der Waals surface area contributed by atoms with Crippen LogP contribution in [0.5, 0.6) is 0 Å². The Hall–Kier alpha value is -0.900. The van der Waals surface area contributed by atoms with Crippen LogP contribution < -0.4 is 0 Å². The summed E-state index contributed by atoms with van der Waals surface area (Å²) >= 11 is 0. The first kappa shape index (κ1) is 9.19. The van der Waals surface area contributed by atoms with E-state index in [0.29, 0.717) is 0 Å². The van der Waals surface area contributed by atoms with Gasteiger partial charge >= 0.3 is 0 Å². The number of aromatic nitrogens is 3. The molecule has 0 bridgehead atoms. The van der Waals surface area contributed by atoms with Crippen molar-refractivity contribution >= 4 is 0 Å². The van der Waals surface area contributed by atoms with E-state index in [1.165, 1.54) is 0 Å². The fourth-order valence-electron chi connectivity index (χ4n) is 1.07. The zero-order chi connectivity index (χ0) is 8.81. The molecule has 12 heavy (non-hydrogen) atoms. The van der Waals surface area contributed by atoms with Crippen molar-refractivity contribution in [3.05, 3.63) is 11.9 Å². The van der Waals surface area contributed by atoms with E-state index < -0.39 is 0 Å². The maximum Gasteiger partial charge on any atom is 0.0824 e. The van der Waals surface area contributed by atoms with Crippen LogP contribution in [0, 0.1) is 0 Å². The summed E-state index contributed by atoms with van der Waals surface area (Å²) in [6.07, 6.45) is 5.19. The first-order valence-electron chi connectivity index (χ1n) is 4.36. The van der Waals surface area contributed by atoms with Crippen molar-refractivity contribution in [3.63, 3.8) is 0 Å². The van der Waals surface area contributed by atoms with Gasteiger partial charge in [0.25, 0.3) is 0 Å². The van der Waals surface area contributed by atoms with E-state index in [0.717, 1.165) is 31.4 Å². The Morgan fingerprint density at radius 1 is 1.67 bits per heavy atom. The summed E-state index contributed by atoms with van der Waals surface area (Å²) in [5.74, 6) is 0. The minimum absolute atomic E-state index is 0.156. The molecule has 0 radical (unpaired) electrons. The van der Waals surface area contributed by atoms with Crippen LogP contribution in [0.25, 0.3) is 0 Å². The highest BCUT2D eigenvalue weighted by atomic mass is 16.3. The van der Waals surface area contributed by atoms with Gasteiger partial charge in [0.2, 0.25) is 0 Å². The molecule has 0 aliphatic heterocycles. The zero-order valence-corrected chi connectivity index (χ0v) is 7.32. The minimum Gasteiger partial charge on any atom is -0.393 e. The topological polar surface area (TPSA) is 61.8 Å². The quantitative estimate of drug-likeness (QED) is 0.688. The van der Waals surface area contributed by atoms with Gasteiger partial charge in [0.15, 0.2) is 0 Å². The second-order valence-electron chi connectivity index (χ2n) is 2.92. The van der Waals surface area contributed by atoms with Crippen molar-refractivity contribution in [3.8, 4) is 0 Å². The second-order valence-corrected chi connectivity index (χ2v) is 2.92. The molecule has 2 N–H and O–H groups in total. The highest BCUT2D eigenvalue weighted by Gasteiger charge is 2.01. The Morgan fingerprint density at radius 2 is 2.50 bits per heavy atom. The predicted octanol–water partition coefficient (Wildman–Crippen LogP) is 0.898. The van der Waals surface area contributed by atoms with Gasteiger partial charge in [-0.05, 0) is 25.7 Å². The van der Waals surface area contributed by atoms with Crippen molar-refractivity contribution in [2.24, 2.45) is 0 Å². The number of aliphatic hydroxyl groups excluding tert-OH is 1. The SMILES string of the molecule is CCC(O)CCCc1c[nH]nn1. The molecule has 1 atom stereocenters. The Kier molecular flexibility index (Phi) is 3.73. The maximum atomic E-state index is 9.24. The molecule has 0 aromatic carbocycles. The van der Waals surface area contributed by atoms with E-state index in [1.807, 2.05) is 6.92 Å². The summed E-state index contributed by atoms with van der Waals surface area (Å²) in [7, 11) is 0. The number of rotatable bonds is 5. The average Bonchev–Trinajstić information content (AvgIpc) is 2.57. The first-order chi connectivity index (χ1) is 5.83. The average molecular weight is 169 g/mol. The molecular weight excluding hydrogens is 154 g/mol. The molecule has 0 fully saturated rings. The Labute approximate surface area is 72.0 Å². The number of H-pyrrole nitrogens is 1. The Bertz CT molecular complexity index is 198. The lowest BCUT2D eigenvalue weighted by Crippen LogP contribution is -2.04. The Morgan fingerprint density at radius 3 is 3.08 bits per heavy atom. The lowest BCUT2D eigenvalue weighted by atomic mass is 10.1. The summed E-state index contributed by atoms with van der Waals surface area (Å²) in [4.78, 5) is 0. The smallest absolute Gasteiger partial charge is 0.0824 e. The van der Waals surface area contributed by atoms with E-state index in [4.69, 9.17) is 0 Å². The highest BCUT2D eigenvalue weighted by Crippen LogP contribution is 2.04. The highest BCUT2D eigenvalue weighted by molar-refractivity contribution is 4.89. The molecular formula is C8H15N3O. The standard InChI is InChI=1S/C8H15N3O/c1-2-8(12)5-3-4-7-6-9-11-10-7/h6,8,12H,2-5H2,1H3,(H,9,10,11). The van der Waals surface area contributed by atoms with E-state index in [1.54, 1.807) is 6.20 Å². The molecule has 4 nitrogen and oxygen atoms in total. The number of hydrogen-bond acceptors (Lipinski definition) is 3. The van der Waals surface area contributed by atoms with Gasteiger partial charge in [-0.3, -0.25) is 5.10 Å². The first-order valence-corrected chi connectivity index (χ1v) is 4.36. The summed E-state index contributed by atoms with van der Waals surface area (Å²) in [5, 5.41) is 19.4. The van der Waals surface area contributed by atoms with Crippen molar-refractivity contribution in [2.75, 3.05) is 0 Å². The Balaban J connectivity index is 2.11. The van der Waals surface area contributed by atoms with Gasteiger partial charge < -0.3 is 5.11 Å². The molecule has 1 aromatic heterocycles. The van der Waals surface area contributed by atoms with Gasteiger partial charge in [0, 0.05) is 6.20 Å². The molecule has 1 heterocycles. The van der Waals surface area contributed by atoms with Crippen LogP contribution in [0.2, 0.25) is 0 Å². The van der Waals surface area contributed by atoms with Gasteiger partial charge in [-0.1, -0.05) is 12.1 Å². The van der Waals surface area contributed by atoms with Gasteiger partial charge in [-0.2, -0.15) is 0 Å². The number of nitrogens with zero attached hydrogens (tertiary/aromatic N) is 2. The van der Waals surface area contributed by atoms with E-state index in [9.17, 15) is 5.11 Å². The minimum atomic E-state index is -0.156. The molecule has 0 amide bonds. The van der Waals surface area contributed by atoms with Gasteiger partial charge in [0.05, 0.1) is 11.8 Å². The lowest BCUT2D eigenvalue weighted by Gasteiger charge is -2.04. The summed E-state index contributed by atoms with van der Waals surface area (Å²) in [6, 6.07) is 0. The fourth-order valence-corrected chi connectivity index (χ4v) is 1.07. The number of nitrogens with one attached hydrogen (secondary N) is 1.